The summed E-state index contributed by atoms with van der Waals surface area (Å²) in [5, 5.41) is 2.71. The van der Waals surface area contributed by atoms with Crippen LogP contribution in [0.2, 0.25) is 0 Å². The molecule has 5 nitrogen and oxygen atoms in total. The van der Waals surface area contributed by atoms with Crippen molar-refractivity contribution in [1.29, 1.82) is 0 Å². The number of hydrogen-bond acceptors (Lipinski definition) is 4. The summed E-state index contributed by atoms with van der Waals surface area (Å²) in [7, 11) is 0. The number of hydrogen-bond donors (Lipinski definition) is 1. The minimum atomic E-state index is -0.495. The van der Waals surface area contributed by atoms with E-state index in [0.717, 1.165) is 28.0 Å². The molecule has 2 aromatic carbocycles. The Morgan fingerprint density at radius 1 is 1.00 bits per heavy atom. The molecule has 1 heterocycles. The second-order valence-electron chi connectivity index (χ2n) is 5.28. The summed E-state index contributed by atoms with van der Waals surface area (Å²) in [4.78, 5) is 20.8. The van der Waals surface area contributed by atoms with Crippen molar-refractivity contribution in [2.75, 3.05) is 5.32 Å². The lowest BCUT2D eigenvalue weighted by Crippen LogP contribution is -2.13. The van der Waals surface area contributed by atoms with Gasteiger partial charge in [0.2, 0.25) is 0 Å². The van der Waals surface area contributed by atoms with Crippen LogP contribution < -0.4 is 5.32 Å². The lowest BCUT2D eigenvalue weighted by molar-refractivity contribution is 0.155. The molecule has 1 amide bonds. The second-order valence-corrected chi connectivity index (χ2v) is 5.28. The maximum absolute atomic E-state index is 11.9. The average Bonchev–Trinajstić information content (AvgIpc) is 2.55. The normalized spacial score (nSPS) is 10.5. The number of nitrogens with one attached hydrogen (secondary N) is 1. The molecule has 0 spiro atoms. The maximum Gasteiger partial charge on any atom is 0.411 e. The second kappa shape index (κ2) is 6.44. The van der Waals surface area contributed by atoms with Gasteiger partial charge in [0.05, 0.1) is 22.4 Å². The molecule has 0 aliphatic rings. The molecule has 3 rings (SSSR count). The highest BCUT2D eigenvalue weighted by molar-refractivity contribution is 5.88. The zero-order chi connectivity index (χ0) is 16.2. The van der Waals surface area contributed by atoms with E-state index in [1.165, 1.54) is 0 Å². The van der Waals surface area contributed by atoms with Crippen LogP contribution in [0.4, 0.5) is 10.5 Å². The number of carbonyl (C=O) groups excluding carboxylic acids is 1. The molecule has 5 heteroatoms. The number of benzene rings is 2. The fourth-order valence-corrected chi connectivity index (χ4v) is 2.19. The number of anilines is 1. The molecular formula is C18H17N3O2. The predicted molar refractivity (Wildman–Crippen MR) is 89.3 cm³/mol. The molecule has 1 N–H and O–H groups in total. The highest BCUT2D eigenvalue weighted by Gasteiger charge is 2.06. The molecule has 0 aliphatic carbocycles. The van der Waals surface area contributed by atoms with Crippen LogP contribution in [0.25, 0.3) is 11.0 Å². The third-order valence-corrected chi connectivity index (χ3v) is 3.53. The number of aromatic nitrogens is 2. The van der Waals surface area contributed by atoms with Gasteiger partial charge in [0.15, 0.2) is 0 Å². The van der Waals surface area contributed by atoms with Crippen LogP contribution in [0.5, 0.6) is 0 Å². The summed E-state index contributed by atoms with van der Waals surface area (Å²) in [5.41, 5.74) is 4.90. The van der Waals surface area contributed by atoms with Crippen molar-refractivity contribution in [2.45, 2.75) is 20.5 Å². The first-order valence-electron chi connectivity index (χ1n) is 7.34. The molecule has 0 saturated heterocycles. The summed E-state index contributed by atoms with van der Waals surface area (Å²) in [6.07, 6.45) is -0.495. The van der Waals surface area contributed by atoms with Crippen LogP contribution in [0.3, 0.4) is 0 Å². The largest absolute Gasteiger partial charge is 0.444 e. The number of carbonyl (C=O) groups is 1. The number of amides is 1. The molecular weight excluding hydrogens is 290 g/mol. The molecule has 116 valence electrons. The fourth-order valence-electron chi connectivity index (χ4n) is 2.19. The lowest BCUT2D eigenvalue weighted by atomic mass is 10.2. The number of rotatable bonds is 3. The van der Waals surface area contributed by atoms with Gasteiger partial charge in [-0.2, -0.15) is 0 Å². The van der Waals surface area contributed by atoms with E-state index < -0.39 is 6.09 Å². The topological polar surface area (TPSA) is 64.1 Å². The van der Waals surface area contributed by atoms with Crippen LogP contribution >= 0.6 is 0 Å². The van der Waals surface area contributed by atoms with E-state index in [0.29, 0.717) is 5.69 Å². The number of nitrogens with zero attached hydrogens (tertiary/aromatic N) is 2. The van der Waals surface area contributed by atoms with Gasteiger partial charge in [0, 0.05) is 5.69 Å². The Balaban J connectivity index is 1.68. The quantitative estimate of drug-likeness (QED) is 0.794. The van der Waals surface area contributed by atoms with E-state index in [9.17, 15) is 4.79 Å². The van der Waals surface area contributed by atoms with E-state index in [4.69, 9.17) is 4.74 Å². The van der Waals surface area contributed by atoms with Gasteiger partial charge in [-0.15, -0.1) is 0 Å². The standard InChI is InChI=1S/C18H17N3O2/c1-12-13(2)20-17-10-15(8-9-16(17)19-12)21-18(22)23-11-14-6-4-3-5-7-14/h3-10H,11H2,1-2H3,(H,21,22). The maximum atomic E-state index is 11.9. The monoisotopic (exact) mass is 307 g/mol. The van der Waals surface area contributed by atoms with Gasteiger partial charge in [0.1, 0.15) is 6.61 Å². The van der Waals surface area contributed by atoms with Gasteiger partial charge in [-0.1, -0.05) is 30.3 Å². The molecule has 23 heavy (non-hydrogen) atoms. The summed E-state index contributed by atoms with van der Waals surface area (Å²) in [6.45, 7) is 4.07. The summed E-state index contributed by atoms with van der Waals surface area (Å²) >= 11 is 0. The Morgan fingerprint density at radius 3 is 2.43 bits per heavy atom. The summed E-state index contributed by atoms with van der Waals surface area (Å²) in [6, 6.07) is 15.0. The van der Waals surface area contributed by atoms with Gasteiger partial charge in [-0.25, -0.2) is 14.8 Å². The van der Waals surface area contributed by atoms with Crippen LogP contribution in [0.15, 0.2) is 48.5 Å². The van der Waals surface area contributed by atoms with E-state index in [1.54, 1.807) is 12.1 Å². The molecule has 0 atom stereocenters. The third kappa shape index (κ3) is 3.63. The lowest BCUT2D eigenvalue weighted by Gasteiger charge is -2.08. The van der Waals surface area contributed by atoms with Crippen LogP contribution in [0.1, 0.15) is 17.0 Å². The van der Waals surface area contributed by atoms with Crippen molar-refractivity contribution >= 4 is 22.8 Å². The van der Waals surface area contributed by atoms with Crippen molar-refractivity contribution in [1.82, 2.24) is 9.97 Å². The van der Waals surface area contributed by atoms with Crippen molar-refractivity contribution in [3.8, 4) is 0 Å². The van der Waals surface area contributed by atoms with Crippen LogP contribution in [-0.2, 0) is 11.3 Å². The van der Waals surface area contributed by atoms with Crippen molar-refractivity contribution in [2.24, 2.45) is 0 Å². The average molecular weight is 307 g/mol. The highest BCUT2D eigenvalue weighted by Crippen LogP contribution is 2.18. The first-order valence-corrected chi connectivity index (χ1v) is 7.34. The molecule has 0 bridgehead atoms. The molecule has 3 aromatic rings. The van der Waals surface area contributed by atoms with Gasteiger partial charge in [-0.05, 0) is 37.6 Å². The predicted octanol–water partition coefficient (Wildman–Crippen LogP) is 4.00. The zero-order valence-electron chi connectivity index (χ0n) is 13.0. The molecule has 0 unspecified atom stereocenters. The fraction of sp³-hybridized carbons (Fsp3) is 0.167. The number of aryl methyl sites for hydroxylation is 2. The summed E-state index contributed by atoms with van der Waals surface area (Å²) in [5.74, 6) is 0. The van der Waals surface area contributed by atoms with Gasteiger partial charge >= 0.3 is 6.09 Å². The van der Waals surface area contributed by atoms with E-state index in [2.05, 4.69) is 15.3 Å². The minimum Gasteiger partial charge on any atom is -0.444 e. The molecule has 0 radical (unpaired) electrons. The van der Waals surface area contributed by atoms with Crippen LogP contribution in [-0.4, -0.2) is 16.1 Å². The molecule has 0 saturated carbocycles. The SMILES string of the molecule is Cc1nc2ccc(NC(=O)OCc3ccccc3)cc2nc1C. The smallest absolute Gasteiger partial charge is 0.411 e. The minimum absolute atomic E-state index is 0.234. The Hall–Kier alpha value is -2.95. The Labute approximate surface area is 134 Å². The van der Waals surface area contributed by atoms with Gasteiger partial charge in [0.25, 0.3) is 0 Å². The van der Waals surface area contributed by atoms with Crippen LogP contribution in [0, 0.1) is 13.8 Å². The number of ether oxygens (including phenoxy) is 1. The van der Waals surface area contributed by atoms with E-state index >= 15 is 0 Å². The molecule has 0 fully saturated rings. The molecule has 0 aliphatic heterocycles. The highest BCUT2D eigenvalue weighted by atomic mass is 16.5. The van der Waals surface area contributed by atoms with E-state index in [1.807, 2.05) is 50.2 Å². The van der Waals surface area contributed by atoms with Crippen molar-refractivity contribution in [3.63, 3.8) is 0 Å². The number of fused-ring (bicyclic) bond motifs is 1. The van der Waals surface area contributed by atoms with Crippen molar-refractivity contribution < 1.29 is 9.53 Å². The Kier molecular flexibility index (Phi) is 4.19. The summed E-state index contributed by atoms with van der Waals surface area (Å²) < 4.78 is 5.20. The van der Waals surface area contributed by atoms with Crippen molar-refractivity contribution in [3.05, 3.63) is 65.5 Å². The first kappa shape index (κ1) is 15.0. The zero-order valence-corrected chi connectivity index (χ0v) is 13.0. The van der Waals surface area contributed by atoms with Gasteiger partial charge < -0.3 is 4.74 Å². The molecule has 1 aromatic heterocycles. The van der Waals surface area contributed by atoms with E-state index in [-0.39, 0.29) is 6.61 Å². The Morgan fingerprint density at radius 2 is 1.70 bits per heavy atom. The first-order chi connectivity index (χ1) is 11.1. The van der Waals surface area contributed by atoms with Gasteiger partial charge in [-0.3, -0.25) is 5.32 Å². The Bertz CT molecular complexity index is 848. The third-order valence-electron chi connectivity index (χ3n) is 3.53.